The molecule has 0 amide bonds. The lowest BCUT2D eigenvalue weighted by molar-refractivity contribution is 0.0526. The summed E-state index contributed by atoms with van der Waals surface area (Å²) >= 11 is 12.3. The van der Waals surface area contributed by atoms with E-state index in [0.29, 0.717) is 38.2 Å². The molecule has 0 atom stereocenters. The Morgan fingerprint density at radius 1 is 0.886 bits per heavy atom. The van der Waals surface area contributed by atoms with Crippen molar-refractivity contribution in [2.45, 2.75) is 18.7 Å². The fraction of sp³-hybridized carbons (Fsp3) is 0.115. The van der Waals surface area contributed by atoms with Gasteiger partial charge in [-0.25, -0.2) is 18.4 Å². The van der Waals surface area contributed by atoms with Crippen LogP contribution in [-0.4, -0.2) is 25.6 Å². The van der Waals surface area contributed by atoms with Gasteiger partial charge < -0.3 is 9.30 Å². The van der Waals surface area contributed by atoms with Gasteiger partial charge in [0, 0.05) is 27.0 Å². The van der Waals surface area contributed by atoms with Crippen molar-refractivity contribution < 1.29 is 17.9 Å². The molecule has 3 aromatic carbocycles. The molecule has 0 aliphatic heterocycles. The van der Waals surface area contributed by atoms with E-state index in [0.717, 1.165) is 11.1 Å². The highest BCUT2D eigenvalue weighted by Gasteiger charge is 2.29. The van der Waals surface area contributed by atoms with Gasteiger partial charge in [0.15, 0.2) is 0 Å². The number of carbonyl (C=O) groups is 1. The van der Waals surface area contributed by atoms with E-state index in [9.17, 15) is 13.2 Å². The Balaban J connectivity index is 2.10. The number of aromatic nitrogens is 1. The average molecular weight is 529 g/mol. The minimum Gasteiger partial charge on any atom is -0.462 e. The maximum atomic E-state index is 13.2. The van der Waals surface area contributed by atoms with Gasteiger partial charge in [-0.15, -0.1) is 0 Å². The Morgan fingerprint density at radius 2 is 1.40 bits per heavy atom. The molecule has 0 bridgehead atoms. The molecule has 6 nitrogen and oxygen atoms in total. The molecule has 0 saturated heterocycles. The third-order valence-electron chi connectivity index (χ3n) is 5.56. The molecule has 4 aromatic rings. The lowest BCUT2D eigenvalue weighted by Crippen LogP contribution is -2.12. The van der Waals surface area contributed by atoms with Crippen molar-refractivity contribution in [2.24, 2.45) is 5.14 Å². The molecule has 0 aliphatic rings. The zero-order valence-corrected chi connectivity index (χ0v) is 21.3. The fourth-order valence-corrected chi connectivity index (χ4v) is 4.80. The maximum absolute atomic E-state index is 13.2. The van der Waals surface area contributed by atoms with Crippen molar-refractivity contribution in [1.29, 1.82) is 0 Å². The number of carbonyl (C=O) groups excluding carboxylic acids is 1. The molecule has 180 valence electrons. The van der Waals surface area contributed by atoms with Crippen LogP contribution in [0, 0.1) is 6.92 Å². The summed E-state index contributed by atoms with van der Waals surface area (Å²) in [6, 6.07) is 20.6. The minimum absolute atomic E-state index is 0.0114. The van der Waals surface area contributed by atoms with Crippen LogP contribution in [0.5, 0.6) is 0 Å². The molecule has 0 aliphatic carbocycles. The first-order chi connectivity index (χ1) is 16.6. The molecule has 1 aromatic heterocycles. The molecular weight excluding hydrogens is 507 g/mol. The van der Waals surface area contributed by atoms with Gasteiger partial charge in [0.1, 0.15) is 0 Å². The molecule has 0 spiro atoms. The van der Waals surface area contributed by atoms with E-state index in [1.165, 1.54) is 12.1 Å². The van der Waals surface area contributed by atoms with E-state index in [2.05, 4.69) is 0 Å². The third-order valence-corrected chi connectivity index (χ3v) is 6.99. The number of ether oxygens (including phenoxy) is 1. The number of hydrogen-bond donors (Lipinski definition) is 1. The van der Waals surface area contributed by atoms with Gasteiger partial charge in [-0.3, -0.25) is 0 Å². The van der Waals surface area contributed by atoms with E-state index in [4.69, 9.17) is 33.1 Å². The van der Waals surface area contributed by atoms with Crippen molar-refractivity contribution in [3.8, 4) is 28.1 Å². The summed E-state index contributed by atoms with van der Waals surface area (Å²) in [6.07, 6.45) is 0. The molecule has 1 heterocycles. The second-order valence-electron chi connectivity index (χ2n) is 7.79. The number of hydrogen-bond acceptors (Lipinski definition) is 4. The smallest absolute Gasteiger partial charge is 0.340 e. The van der Waals surface area contributed by atoms with Crippen molar-refractivity contribution >= 4 is 39.2 Å². The molecule has 4 rings (SSSR count). The summed E-state index contributed by atoms with van der Waals surface area (Å²) in [5, 5.41) is 6.41. The first kappa shape index (κ1) is 25.0. The number of sulfonamides is 1. The van der Waals surface area contributed by atoms with Gasteiger partial charge in [0.05, 0.1) is 22.8 Å². The zero-order chi connectivity index (χ0) is 25.3. The number of primary sulfonamides is 1. The summed E-state index contributed by atoms with van der Waals surface area (Å²) in [5.74, 6) is -0.468. The SMILES string of the molecule is CCOC(=O)c1c(-c2ccc(Cl)cc2)c(-c2ccc(Cl)cc2)n(-c2ccc(S(N)(=O)=O)cc2)c1C. The van der Waals surface area contributed by atoms with Gasteiger partial charge in [-0.2, -0.15) is 0 Å². The quantitative estimate of drug-likeness (QED) is 0.299. The van der Waals surface area contributed by atoms with E-state index in [1.54, 1.807) is 43.3 Å². The normalized spacial score (nSPS) is 11.5. The summed E-state index contributed by atoms with van der Waals surface area (Å²) in [5.41, 5.74) is 4.62. The van der Waals surface area contributed by atoms with Gasteiger partial charge in [0.25, 0.3) is 0 Å². The standard InChI is InChI=1S/C26H22Cl2N2O4S/c1-3-34-26(31)23-16(2)30(21-12-14-22(15-13-21)35(29,32)33)25(18-6-10-20(28)11-7-18)24(23)17-4-8-19(27)9-5-17/h4-15H,3H2,1-2H3,(H2,29,32,33). The molecule has 0 saturated carbocycles. The van der Waals surface area contributed by atoms with Crippen LogP contribution in [0.3, 0.4) is 0 Å². The van der Waals surface area contributed by atoms with Crippen LogP contribution in [-0.2, 0) is 14.8 Å². The van der Waals surface area contributed by atoms with Crippen LogP contribution in [0.4, 0.5) is 0 Å². The Bertz CT molecular complexity index is 1490. The van der Waals surface area contributed by atoms with Gasteiger partial charge in [0.2, 0.25) is 10.0 Å². The summed E-state index contributed by atoms with van der Waals surface area (Å²) in [6.45, 7) is 3.78. The average Bonchev–Trinajstić information content (AvgIpc) is 3.12. The monoisotopic (exact) mass is 528 g/mol. The highest BCUT2D eigenvalue weighted by molar-refractivity contribution is 7.89. The lowest BCUT2D eigenvalue weighted by atomic mass is 9.97. The fourth-order valence-electron chi connectivity index (χ4n) is 4.03. The third kappa shape index (κ3) is 4.99. The minimum atomic E-state index is -3.86. The van der Waals surface area contributed by atoms with Crippen molar-refractivity contribution in [2.75, 3.05) is 6.61 Å². The van der Waals surface area contributed by atoms with Crippen LogP contribution in [0.2, 0.25) is 10.0 Å². The summed E-state index contributed by atoms with van der Waals surface area (Å²) in [4.78, 5) is 13.2. The highest BCUT2D eigenvalue weighted by atomic mass is 35.5. The van der Waals surface area contributed by atoms with Crippen LogP contribution >= 0.6 is 23.2 Å². The second kappa shape index (κ2) is 9.87. The van der Waals surface area contributed by atoms with Crippen LogP contribution in [0.25, 0.3) is 28.1 Å². The van der Waals surface area contributed by atoms with Crippen LogP contribution in [0.1, 0.15) is 23.0 Å². The van der Waals surface area contributed by atoms with Crippen molar-refractivity contribution in [1.82, 2.24) is 4.57 Å². The number of esters is 1. The van der Waals surface area contributed by atoms with Gasteiger partial charge in [-0.05, 0) is 73.5 Å². The number of halogens is 2. The number of rotatable bonds is 6. The van der Waals surface area contributed by atoms with E-state index >= 15 is 0 Å². The first-order valence-electron chi connectivity index (χ1n) is 10.7. The molecule has 9 heteroatoms. The highest BCUT2D eigenvalue weighted by Crippen LogP contribution is 2.42. The molecule has 35 heavy (non-hydrogen) atoms. The molecule has 2 N–H and O–H groups in total. The Labute approximate surface area is 213 Å². The predicted octanol–water partition coefficient (Wildman–Crippen LogP) is 6.25. The van der Waals surface area contributed by atoms with E-state index in [1.807, 2.05) is 35.8 Å². The predicted molar refractivity (Wildman–Crippen MR) is 139 cm³/mol. The van der Waals surface area contributed by atoms with Crippen molar-refractivity contribution in [3.05, 3.63) is 94.1 Å². The van der Waals surface area contributed by atoms with Gasteiger partial charge >= 0.3 is 5.97 Å². The second-order valence-corrected chi connectivity index (χ2v) is 10.2. The largest absolute Gasteiger partial charge is 0.462 e. The van der Waals surface area contributed by atoms with Crippen LogP contribution < -0.4 is 5.14 Å². The topological polar surface area (TPSA) is 91.4 Å². The lowest BCUT2D eigenvalue weighted by Gasteiger charge is -2.14. The Hall–Kier alpha value is -3.10. The zero-order valence-electron chi connectivity index (χ0n) is 19.0. The van der Waals surface area contributed by atoms with Crippen molar-refractivity contribution in [3.63, 3.8) is 0 Å². The summed E-state index contributed by atoms with van der Waals surface area (Å²) < 4.78 is 30.9. The molecular formula is C26H22Cl2N2O4S. The number of nitrogens with zero attached hydrogens (tertiary/aromatic N) is 1. The number of nitrogens with two attached hydrogens (primary N) is 1. The van der Waals surface area contributed by atoms with Gasteiger partial charge in [-0.1, -0.05) is 47.5 Å². The summed E-state index contributed by atoms with van der Waals surface area (Å²) in [7, 11) is -3.86. The number of benzene rings is 3. The Morgan fingerprint density at radius 3 is 1.89 bits per heavy atom. The van der Waals surface area contributed by atoms with E-state index in [-0.39, 0.29) is 11.5 Å². The molecule has 0 radical (unpaired) electrons. The molecule has 0 fully saturated rings. The molecule has 0 unspecified atom stereocenters. The first-order valence-corrected chi connectivity index (χ1v) is 13.0. The van der Waals surface area contributed by atoms with Crippen LogP contribution in [0.15, 0.2) is 77.7 Å². The maximum Gasteiger partial charge on any atom is 0.340 e. The van der Waals surface area contributed by atoms with E-state index < -0.39 is 16.0 Å². The Kier molecular flexibility index (Phi) is 7.05.